The second-order valence-corrected chi connectivity index (χ2v) is 8.43. The lowest BCUT2D eigenvalue weighted by molar-refractivity contribution is 0.0960. The Balaban J connectivity index is 1.57. The van der Waals surface area contributed by atoms with Crippen molar-refractivity contribution in [1.82, 2.24) is 4.98 Å². The molecule has 0 saturated carbocycles. The topological polar surface area (TPSA) is 64.8 Å². The van der Waals surface area contributed by atoms with E-state index in [-0.39, 0.29) is 11.7 Å². The van der Waals surface area contributed by atoms with Crippen LogP contribution < -0.4 is 14.4 Å². The van der Waals surface area contributed by atoms with Crippen LogP contribution in [-0.4, -0.2) is 24.6 Å². The molecule has 6 nitrogen and oxygen atoms in total. The molecule has 0 fully saturated rings. The van der Waals surface area contributed by atoms with Gasteiger partial charge in [0.15, 0.2) is 22.2 Å². The average Bonchev–Trinajstić information content (AvgIpc) is 3.47. The van der Waals surface area contributed by atoms with Gasteiger partial charge in [0.2, 0.25) is 0 Å². The van der Waals surface area contributed by atoms with Gasteiger partial charge in [0.1, 0.15) is 5.75 Å². The molecule has 1 amide bonds. The summed E-state index contributed by atoms with van der Waals surface area (Å²) in [6.45, 7) is 2.79. The standard InChI is InChI=1S/C26H22N2O4S/c1-3-31-21-11-7-10-18-14-22(32-24(18)21)25(29)28(16-17-8-5-4-6-9-17)26-27-20-13-12-19(30-2)15-23(20)33-26/h4-15H,3,16H2,1-2H3. The molecule has 166 valence electrons. The van der Waals surface area contributed by atoms with Crippen LogP contribution in [-0.2, 0) is 6.54 Å². The zero-order valence-electron chi connectivity index (χ0n) is 18.3. The van der Waals surface area contributed by atoms with Crippen LogP contribution in [0.4, 0.5) is 5.13 Å². The third-order valence-corrected chi connectivity index (χ3v) is 6.30. The monoisotopic (exact) mass is 458 g/mol. The highest BCUT2D eigenvalue weighted by molar-refractivity contribution is 7.22. The summed E-state index contributed by atoms with van der Waals surface area (Å²) in [5.41, 5.74) is 2.37. The number of thiazole rings is 1. The fourth-order valence-electron chi connectivity index (χ4n) is 3.67. The number of aromatic nitrogens is 1. The van der Waals surface area contributed by atoms with Crippen molar-refractivity contribution in [1.29, 1.82) is 0 Å². The molecule has 3 aromatic carbocycles. The molecule has 0 N–H and O–H groups in total. The molecule has 7 heteroatoms. The number of carbonyl (C=O) groups excluding carboxylic acids is 1. The average molecular weight is 459 g/mol. The highest BCUT2D eigenvalue weighted by Gasteiger charge is 2.25. The first-order valence-corrected chi connectivity index (χ1v) is 11.4. The van der Waals surface area contributed by atoms with E-state index in [1.54, 1.807) is 18.1 Å². The van der Waals surface area contributed by atoms with Crippen LogP contribution in [0.3, 0.4) is 0 Å². The third kappa shape index (κ3) is 4.15. The largest absolute Gasteiger partial charge is 0.497 e. The molecule has 0 aliphatic rings. The van der Waals surface area contributed by atoms with Gasteiger partial charge < -0.3 is 13.9 Å². The van der Waals surface area contributed by atoms with Gasteiger partial charge in [0, 0.05) is 5.39 Å². The maximum absolute atomic E-state index is 13.7. The summed E-state index contributed by atoms with van der Waals surface area (Å²) in [5, 5.41) is 1.41. The number of hydrogen-bond acceptors (Lipinski definition) is 6. The molecule has 2 heterocycles. The number of furan rings is 1. The molecule has 0 radical (unpaired) electrons. The van der Waals surface area contributed by atoms with Gasteiger partial charge in [-0.2, -0.15) is 0 Å². The summed E-state index contributed by atoms with van der Waals surface area (Å²) in [5.74, 6) is 1.35. The predicted octanol–water partition coefficient (Wildman–Crippen LogP) is 6.30. The number of rotatable bonds is 7. The third-order valence-electron chi connectivity index (χ3n) is 5.26. The Kier molecular flexibility index (Phi) is 5.71. The molecule has 0 saturated heterocycles. The maximum atomic E-state index is 13.7. The number of hydrogen-bond donors (Lipinski definition) is 0. The molecule has 33 heavy (non-hydrogen) atoms. The predicted molar refractivity (Wildman–Crippen MR) is 131 cm³/mol. The van der Waals surface area contributed by atoms with Crippen molar-refractivity contribution in [2.24, 2.45) is 0 Å². The smallest absolute Gasteiger partial charge is 0.296 e. The summed E-state index contributed by atoms with van der Waals surface area (Å²) >= 11 is 1.44. The Labute approximate surface area is 195 Å². The van der Waals surface area contributed by atoms with E-state index in [0.29, 0.717) is 29.6 Å². The number of benzene rings is 3. The van der Waals surface area contributed by atoms with Gasteiger partial charge in [-0.3, -0.25) is 9.69 Å². The Morgan fingerprint density at radius 2 is 1.91 bits per heavy atom. The van der Waals surface area contributed by atoms with Gasteiger partial charge in [-0.25, -0.2) is 4.98 Å². The zero-order valence-corrected chi connectivity index (χ0v) is 19.1. The van der Waals surface area contributed by atoms with Crippen LogP contribution >= 0.6 is 11.3 Å². The van der Waals surface area contributed by atoms with Crippen LogP contribution in [0.5, 0.6) is 11.5 Å². The van der Waals surface area contributed by atoms with E-state index in [2.05, 4.69) is 0 Å². The second-order valence-electron chi connectivity index (χ2n) is 7.43. The van der Waals surface area contributed by atoms with Crippen LogP contribution in [0.2, 0.25) is 0 Å². The van der Waals surface area contributed by atoms with Crippen molar-refractivity contribution >= 4 is 43.6 Å². The van der Waals surface area contributed by atoms with Crippen molar-refractivity contribution in [3.63, 3.8) is 0 Å². The van der Waals surface area contributed by atoms with Crippen LogP contribution in [0.15, 0.2) is 77.2 Å². The molecule has 0 aliphatic heterocycles. The van der Waals surface area contributed by atoms with Crippen molar-refractivity contribution in [2.75, 3.05) is 18.6 Å². The number of methoxy groups -OCH3 is 1. The van der Waals surface area contributed by atoms with E-state index >= 15 is 0 Å². The lowest BCUT2D eigenvalue weighted by Gasteiger charge is -2.18. The number of nitrogens with zero attached hydrogens (tertiary/aromatic N) is 2. The lowest BCUT2D eigenvalue weighted by atomic mass is 10.2. The first-order chi connectivity index (χ1) is 16.2. The first-order valence-electron chi connectivity index (χ1n) is 10.6. The quantitative estimate of drug-likeness (QED) is 0.286. The van der Waals surface area contributed by atoms with Crippen molar-refractivity contribution in [3.05, 3.63) is 84.1 Å². The summed E-state index contributed by atoms with van der Waals surface area (Å²) < 4.78 is 18.0. The Morgan fingerprint density at radius 3 is 2.70 bits per heavy atom. The van der Waals surface area contributed by atoms with E-state index in [1.807, 2.05) is 73.7 Å². The number of para-hydroxylation sites is 1. The van der Waals surface area contributed by atoms with E-state index in [0.717, 1.165) is 26.9 Å². The van der Waals surface area contributed by atoms with E-state index in [9.17, 15) is 4.79 Å². The van der Waals surface area contributed by atoms with Gasteiger partial charge in [-0.05, 0) is 42.8 Å². The normalized spacial score (nSPS) is 11.1. The molecule has 5 rings (SSSR count). The van der Waals surface area contributed by atoms with Gasteiger partial charge in [-0.15, -0.1) is 0 Å². The fraction of sp³-hybridized carbons (Fsp3) is 0.154. The number of carbonyl (C=O) groups is 1. The zero-order chi connectivity index (χ0) is 22.8. The molecule has 0 atom stereocenters. The van der Waals surface area contributed by atoms with Gasteiger partial charge in [-0.1, -0.05) is 53.8 Å². The molecule has 0 unspecified atom stereocenters. The maximum Gasteiger partial charge on any atom is 0.296 e. The van der Waals surface area contributed by atoms with Crippen molar-refractivity contribution in [2.45, 2.75) is 13.5 Å². The van der Waals surface area contributed by atoms with Crippen LogP contribution in [0, 0.1) is 0 Å². The summed E-state index contributed by atoms with van der Waals surface area (Å²) in [6, 6.07) is 22.9. The Hall–Kier alpha value is -3.84. The van der Waals surface area contributed by atoms with E-state index < -0.39 is 0 Å². The summed E-state index contributed by atoms with van der Waals surface area (Å²) in [4.78, 5) is 20.1. The fourth-order valence-corrected chi connectivity index (χ4v) is 4.66. The highest BCUT2D eigenvalue weighted by Crippen LogP contribution is 2.34. The second kappa shape index (κ2) is 8.96. The minimum absolute atomic E-state index is 0.241. The highest BCUT2D eigenvalue weighted by atomic mass is 32.1. The first kappa shape index (κ1) is 21.0. The minimum Gasteiger partial charge on any atom is -0.497 e. The minimum atomic E-state index is -0.261. The molecular formula is C26H22N2O4S. The lowest BCUT2D eigenvalue weighted by Crippen LogP contribution is -2.30. The molecule has 2 aromatic heterocycles. The van der Waals surface area contributed by atoms with Gasteiger partial charge in [0.25, 0.3) is 5.91 Å². The van der Waals surface area contributed by atoms with Gasteiger partial charge in [0.05, 0.1) is 30.5 Å². The molecular weight excluding hydrogens is 436 g/mol. The van der Waals surface area contributed by atoms with Gasteiger partial charge >= 0.3 is 0 Å². The molecule has 5 aromatic rings. The van der Waals surface area contributed by atoms with E-state index in [1.165, 1.54) is 11.3 Å². The molecule has 0 spiro atoms. The SMILES string of the molecule is CCOc1cccc2cc(C(=O)N(Cc3ccccc3)c3nc4ccc(OC)cc4s3)oc12. The number of anilines is 1. The summed E-state index contributed by atoms with van der Waals surface area (Å²) in [7, 11) is 1.63. The van der Waals surface area contributed by atoms with E-state index in [4.69, 9.17) is 18.9 Å². The van der Waals surface area contributed by atoms with Crippen LogP contribution in [0.1, 0.15) is 23.0 Å². The number of ether oxygens (including phenoxy) is 2. The van der Waals surface area contributed by atoms with Crippen molar-refractivity contribution < 1.29 is 18.7 Å². The summed E-state index contributed by atoms with van der Waals surface area (Å²) in [6.07, 6.45) is 0. The van der Waals surface area contributed by atoms with Crippen molar-refractivity contribution in [3.8, 4) is 11.5 Å². The Morgan fingerprint density at radius 1 is 1.06 bits per heavy atom. The molecule has 0 bridgehead atoms. The number of fused-ring (bicyclic) bond motifs is 2. The Bertz CT molecular complexity index is 1420. The number of amides is 1. The van der Waals surface area contributed by atoms with Crippen LogP contribution in [0.25, 0.3) is 21.2 Å². The molecule has 0 aliphatic carbocycles.